The minimum absolute atomic E-state index is 0.0741. The zero-order chi connectivity index (χ0) is 10.8. The summed E-state index contributed by atoms with van der Waals surface area (Å²) >= 11 is 0. The van der Waals surface area contributed by atoms with Crippen LogP contribution in [-0.2, 0) is 0 Å². The molecule has 1 aromatic carbocycles. The monoisotopic (exact) mass is 204 g/mol. The number of aliphatic hydroxyl groups is 1. The van der Waals surface area contributed by atoms with Crippen molar-refractivity contribution in [2.24, 2.45) is 5.18 Å². The summed E-state index contributed by atoms with van der Waals surface area (Å²) in [7, 11) is 0. The van der Waals surface area contributed by atoms with Crippen molar-refractivity contribution >= 4 is 16.6 Å². The Morgan fingerprint density at radius 2 is 2.27 bits per heavy atom. The Balaban J connectivity index is 2.50. The first-order chi connectivity index (χ1) is 7.24. The molecule has 2 aromatic rings. The van der Waals surface area contributed by atoms with Gasteiger partial charge < -0.3 is 10.1 Å². The molecule has 0 spiro atoms. The number of benzene rings is 1. The smallest absolute Gasteiger partial charge is 0.108 e. The van der Waals surface area contributed by atoms with E-state index in [1.54, 1.807) is 12.1 Å². The summed E-state index contributed by atoms with van der Waals surface area (Å²) in [6.07, 6.45) is 0. The van der Waals surface area contributed by atoms with Gasteiger partial charge in [0, 0.05) is 22.5 Å². The van der Waals surface area contributed by atoms with Gasteiger partial charge in [-0.2, -0.15) is 0 Å². The lowest BCUT2D eigenvalue weighted by molar-refractivity contribution is 0.271. The highest BCUT2D eigenvalue weighted by molar-refractivity contribution is 5.83. The number of nitroso groups, excluding NO2 is 1. The number of aromatic nitrogens is 1. The van der Waals surface area contributed by atoms with Crippen LogP contribution in [0.15, 0.2) is 29.4 Å². The van der Waals surface area contributed by atoms with Crippen molar-refractivity contribution in [3.8, 4) is 0 Å². The lowest BCUT2D eigenvalue weighted by Crippen LogP contribution is -1.98. The number of H-pyrrole nitrogens is 1. The lowest BCUT2D eigenvalue weighted by Gasteiger charge is -2.02. The number of hydrogen-bond acceptors (Lipinski definition) is 3. The number of nitrogens with zero attached hydrogens (tertiary/aromatic N) is 1. The second kappa shape index (κ2) is 3.82. The maximum Gasteiger partial charge on any atom is 0.108 e. The van der Waals surface area contributed by atoms with E-state index in [1.807, 2.05) is 19.1 Å². The van der Waals surface area contributed by atoms with Gasteiger partial charge in [-0.1, -0.05) is 6.92 Å². The third kappa shape index (κ3) is 1.76. The number of aliphatic hydroxyl groups excluding tert-OH is 1. The van der Waals surface area contributed by atoms with Gasteiger partial charge in [-0.15, -0.1) is 4.91 Å². The Bertz CT molecular complexity index is 490. The zero-order valence-electron chi connectivity index (χ0n) is 8.40. The highest BCUT2D eigenvalue weighted by Crippen LogP contribution is 2.24. The van der Waals surface area contributed by atoms with E-state index < -0.39 is 0 Å². The maximum absolute atomic E-state index is 10.3. The standard InChI is InChI=1S/C11H12N2O2/c1-7(6-14)11-5-8-4-9(13-15)2-3-10(8)12-11/h2-5,7,12,14H,6H2,1H3. The fraction of sp³-hybridized carbons (Fsp3) is 0.273. The molecule has 4 nitrogen and oxygen atoms in total. The Morgan fingerprint density at radius 3 is 2.93 bits per heavy atom. The average molecular weight is 204 g/mol. The first-order valence-electron chi connectivity index (χ1n) is 4.81. The summed E-state index contributed by atoms with van der Waals surface area (Å²) in [6.45, 7) is 2.04. The van der Waals surface area contributed by atoms with Gasteiger partial charge in [0.25, 0.3) is 0 Å². The summed E-state index contributed by atoms with van der Waals surface area (Å²) in [4.78, 5) is 13.5. The van der Waals surface area contributed by atoms with Gasteiger partial charge in [-0.05, 0) is 29.4 Å². The number of aromatic amines is 1. The molecule has 0 fully saturated rings. The van der Waals surface area contributed by atoms with Crippen LogP contribution in [0.25, 0.3) is 10.9 Å². The van der Waals surface area contributed by atoms with Gasteiger partial charge in [-0.25, -0.2) is 0 Å². The maximum atomic E-state index is 10.3. The van der Waals surface area contributed by atoms with Crippen LogP contribution in [0.3, 0.4) is 0 Å². The van der Waals surface area contributed by atoms with Crippen LogP contribution >= 0.6 is 0 Å². The largest absolute Gasteiger partial charge is 0.396 e. The third-order valence-electron chi connectivity index (χ3n) is 2.54. The summed E-state index contributed by atoms with van der Waals surface area (Å²) in [5.74, 6) is 0.0741. The lowest BCUT2D eigenvalue weighted by atomic mass is 10.1. The molecule has 1 unspecified atom stereocenters. The van der Waals surface area contributed by atoms with E-state index in [9.17, 15) is 4.91 Å². The molecular weight excluding hydrogens is 192 g/mol. The number of rotatable bonds is 3. The SMILES string of the molecule is CC(CO)c1cc2cc(N=O)ccc2[nH]1. The van der Waals surface area contributed by atoms with Crippen molar-refractivity contribution in [2.75, 3.05) is 6.61 Å². The Morgan fingerprint density at radius 1 is 1.47 bits per heavy atom. The Labute approximate surface area is 86.9 Å². The topological polar surface area (TPSA) is 65.5 Å². The van der Waals surface area contributed by atoms with Crippen molar-refractivity contribution in [3.63, 3.8) is 0 Å². The van der Waals surface area contributed by atoms with Crippen LogP contribution in [0.4, 0.5) is 5.69 Å². The Kier molecular flexibility index (Phi) is 2.51. The van der Waals surface area contributed by atoms with Crippen LogP contribution in [0, 0.1) is 4.91 Å². The van der Waals surface area contributed by atoms with E-state index in [1.165, 1.54) is 0 Å². The summed E-state index contributed by atoms with van der Waals surface area (Å²) < 4.78 is 0. The number of fused-ring (bicyclic) bond motifs is 1. The molecule has 0 aliphatic heterocycles. The van der Waals surface area contributed by atoms with Gasteiger partial charge in [0.1, 0.15) is 5.69 Å². The molecular formula is C11H12N2O2. The van der Waals surface area contributed by atoms with Crippen molar-refractivity contribution in [1.29, 1.82) is 0 Å². The highest BCUT2D eigenvalue weighted by Gasteiger charge is 2.08. The Hall–Kier alpha value is -1.68. The molecule has 0 bridgehead atoms. The van der Waals surface area contributed by atoms with E-state index in [-0.39, 0.29) is 12.5 Å². The fourth-order valence-corrected chi connectivity index (χ4v) is 1.56. The van der Waals surface area contributed by atoms with Crippen LogP contribution in [0.5, 0.6) is 0 Å². The van der Waals surface area contributed by atoms with E-state index in [4.69, 9.17) is 5.11 Å². The molecule has 1 aromatic heterocycles. The van der Waals surface area contributed by atoms with Gasteiger partial charge in [-0.3, -0.25) is 0 Å². The molecule has 4 heteroatoms. The molecule has 1 heterocycles. The van der Waals surface area contributed by atoms with Gasteiger partial charge >= 0.3 is 0 Å². The molecule has 0 amide bonds. The molecule has 0 aliphatic rings. The second-order valence-electron chi connectivity index (χ2n) is 3.67. The first kappa shape index (κ1) is 9.86. The van der Waals surface area contributed by atoms with Crippen LogP contribution in [-0.4, -0.2) is 16.7 Å². The minimum atomic E-state index is 0.0741. The predicted molar refractivity (Wildman–Crippen MR) is 59.3 cm³/mol. The van der Waals surface area contributed by atoms with Gasteiger partial charge in [0.2, 0.25) is 0 Å². The molecule has 78 valence electrons. The van der Waals surface area contributed by atoms with Crippen molar-refractivity contribution in [2.45, 2.75) is 12.8 Å². The quantitative estimate of drug-likeness (QED) is 0.755. The normalized spacial score (nSPS) is 12.9. The molecule has 0 aliphatic carbocycles. The highest BCUT2D eigenvalue weighted by atomic mass is 16.3. The molecule has 0 radical (unpaired) electrons. The fourth-order valence-electron chi connectivity index (χ4n) is 1.56. The molecule has 15 heavy (non-hydrogen) atoms. The van der Waals surface area contributed by atoms with Crippen molar-refractivity contribution in [3.05, 3.63) is 34.9 Å². The zero-order valence-corrected chi connectivity index (χ0v) is 8.40. The van der Waals surface area contributed by atoms with E-state index in [0.717, 1.165) is 16.6 Å². The van der Waals surface area contributed by atoms with E-state index in [0.29, 0.717) is 5.69 Å². The summed E-state index contributed by atoms with van der Waals surface area (Å²) in [5, 5.41) is 12.9. The first-order valence-corrected chi connectivity index (χ1v) is 4.81. The number of hydrogen-bond donors (Lipinski definition) is 2. The average Bonchev–Trinajstić information content (AvgIpc) is 2.70. The molecule has 0 saturated carbocycles. The van der Waals surface area contributed by atoms with E-state index in [2.05, 4.69) is 10.2 Å². The van der Waals surface area contributed by atoms with Crippen molar-refractivity contribution in [1.82, 2.24) is 4.98 Å². The molecule has 2 rings (SSSR count). The van der Waals surface area contributed by atoms with E-state index >= 15 is 0 Å². The predicted octanol–water partition coefficient (Wildman–Crippen LogP) is 2.66. The molecule has 2 N–H and O–H groups in total. The molecule has 0 saturated heterocycles. The minimum Gasteiger partial charge on any atom is -0.396 e. The van der Waals surface area contributed by atoms with Gasteiger partial charge in [0.15, 0.2) is 0 Å². The van der Waals surface area contributed by atoms with Crippen LogP contribution in [0.1, 0.15) is 18.5 Å². The third-order valence-corrected chi connectivity index (χ3v) is 2.54. The summed E-state index contributed by atoms with van der Waals surface area (Å²) in [6, 6.07) is 7.15. The van der Waals surface area contributed by atoms with Gasteiger partial charge in [0.05, 0.1) is 6.61 Å². The second-order valence-corrected chi connectivity index (χ2v) is 3.67. The number of nitrogens with one attached hydrogen (secondary N) is 1. The van der Waals surface area contributed by atoms with Crippen molar-refractivity contribution < 1.29 is 5.11 Å². The summed E-state index contributed by atoms with van der Waals surface area (Å²) in [5.41, 5.74) is 2.35. The molecule has 1 atom stereocenters. The van der Waals surface area contributed by atoms with Crippen LogP contribution in [0.2, 0.25) is 0 Å². The van der Waals surface area contributed by atoms with Crippen LogP contribution < -0.4 is 0 Å².